The Bertz CT molecular complexity index is 324. The standard InChI is InChI=1S/C10H21ClN2O2S/c1-9(2)13(3)16(14,15)12-10(8-11)6-4-5-7-10/h9,12H,4-8H2,1-3H3. The van der Waals surface area contributed by atoms with E-state index in [0.29, 0.717) is 5.88 Å². The third-order valence-electron chi connectivity index (χ3n) is 3.27. The highest BCUT2D eigenvalue weighted by Crippen LogP contribution is 2.31. The lowest BCUT2D eigenvalue weighted by molar-refractivity contribution is 0.368. The number of alkyl halides is 1. The highest BCUT2D eigenvalue weighted by molar-refractivity contribution is 7.87. The Morgan fingerprint density at radius 2 is 1.88 bits per heavy atom. The molecule has 0 aromatic heterocycles. The van der Waals surface area contributed by atoms with Crippen molar-refractivity contribution >= 4 is 21.8 Å². The van der Waals surface area contributed by atoms with Gasteiger partial charge in [0, 0.05) is 24.5 Å². The van der Waals surface area contributed by atoms with Gasteiger partial charge < -0.3 is 0 Å². The minimum atomic E-state index is -3.41. The molecule has 1 fully saturated rings. The van der Waals surface area contributed by atoms with Crippen LogP contribution < -0.4 is 4.72 Å². The van der Waals surface area contributed by atoms with E-state index in [0.717, 1.165) is 25.7 Å². The average molecular weight is 269 g/mol. The largest absolute Gasteiger partial charge is 0.279 e. The van der Waals surface area contributed by atoms with Crippen molar-refractivity contribution in [3.8, 4) is 0 Å². The number of hydrogen-bond acceptors (Lipinski definition) is 2. The zero-order chi connectivity index (χ0) is 12.4. The molecular formula is C10H21ClN2O2S. The fourth-order valence-corrected chi connectivity index (χ4v) is 3.87. The Hall–Kier alpha value is 0.160. The molecule has 96 valence electrons. The first-order valence-corrected chi connectivity index (χ1v) is 7.63. The minimum Gasteiger partial charge on any atom is -0.195 e. The van der Waals surface area contributed by atoms with Crippen molar-refractivity contribution in [3.05, 3.63) is 0 Å². The lowest BCUT2D eigenvalue weighted by atomic mass is 10.0. The first-order valence-electron chi connectivity index (χ1n) is 5.66. The summed E-state index contributed by atoms with van der Waals surface area (Å²) in [7, 11) is -1.83. The van der Waals surface area contributed by atoms with Gasteiger partial charge in [-0.25, -0.2) is 0 Å². The zero-order valence-corrected chi connectivity index (χ0v) is 11.7. The quantitative estimate of drug-likeness (QED) is 0.772. The highest BCUT2D eigenvalue weighted by Gasteiger charge is 2.38. The van der Waals surface area contributed by atoms with Gasteiger partial charge in [-0.05, 0) is 26.7 Å². The molecule has 0 bridgehead atoms. The number of hydrogen-bond donors (Lipinski definition) is 1. The Labute approximate surface area is 104 Å². The summed E-state index contributed by atoms with van der Waals surface area (Å²) in [6.07, 6.45) is 3.75. The lowest BCUT2D eigenvalue weighted by Crippen LogP contribution is -2.53. The van der Waals surface area contributed by atoms with Crippen molar-refractivity contribution in [3.63, 3.8) is 0 Å². The zero-order valence-electron chi connectivity index (χ0n) is 10.2. The maximum Gasteiger partial charge on any atom is 0.279 e. The van der Waals surface area contributed by atoms with Crippen LogP contribution in [0, 0.1) is 0 Å². The minimum absolute atomic E-state index is 0.0497. The lowest BCUT2D eigenvalue weighted by Gasteiger charge is -2.31. The Kier molecular flexibility index (Phi) is 4.63. The molecule has 0 aromatic rings. The van der Waals surface area contributed by atoms with Crippen LogP contribution in [0.25, 0.3) is 0 Å². The normalized spacial score (nSPS) is 20.9. The molecule has 1 aliphatic rings. The summed E-state index contributed by atoms with van der Waals surface area (Å²) < 4.78 is 28.2. The van der Waals surface area contributed by atoms with E-state index in [1.54, 1.807) is 7.05 Å². The van der Waals surface area contributed by atoms with Crippen molar-refractivity contribution in [2.24, 2.45) is 0 Å². The van der Waals surface area contributed by atoms with Crippen molar-refractivity contribution < 1.29 is 8.42 Å². The summed E-state index contributed by atoms with van der Waals surface area (Å²) in [6.45, 7) is 3.70. The average Bonchev–Trinajstić information content (AvgIpc) is 2.65. The molecule has 1 rings (SSSR count). The van der Waals surface area contributed by atoms with E-state index in [4.69, 9.17) is 11.6 Å². The molecule has 4 nitrogen and oxygen atoms in total. The first-order chi connectivity index (χ1) is 7.33. The topological polar surface area (TPSA) is 49.4 Å². The van der Waals surface area contributed by atoms with Crippen LogP contribution in [0.1, 0.15) is 39.5 Å². The van der Waals surface area contributed by atoms with Gasteiger partial charge in [-0.3, -0.25) is 0 Å². The van der Waals surface area contributed by atoms with Gasteiger partial charge in [0.25, 0.3) is 10.2 Å². The van der Waals surface area contributed by atoms with E-state index < -0.39 is 15.7 Å². The van der Waals surface area contributed by atoms with Crippen LogP contribution >= 0.6 is 11.6 Å². The number of nitrogens with zero attached hydrogens (tertiary/aromatic N) is 1. The number of nitrogens with one attached hydrogen (secondary N) is 1. The predicted molar refractivity (Wildman–Crippen MR) is 66.9 cm³/mol. The Morgan fingerprint density at radius 3 is 2.25 bits per heavy atom. The van der Waals surface area contributed by atoms with Crippen molar-refractivity contribution in [1.82, 2.24) is 9.03 Å². The smallest absolute Gasteiger partial charge is 0.195 e. The van der Waals surface area contributed by atoms with E-state index in [2.05, 4.69) is 4.72 Å². The molecule has 1 aliphatic carbocycles. The van der Waals surface area contributed by atoms with Crippen molar-refractivity contribution in [2.75, 3.05) is 12.9 Å². The van der Waals surface area contributed by atoms with E-state index in [-0.39, 0.29) is 6.04 Å². The Morgan fingerprint density at radius 1 is 1.38 bits per heavy atom. The van der Waals surface area contributed by atoms with Gasteiger partial charge in [0.15, 0.2) is 0 Å². The van der Waals surface area contributed by atoms with Gasteiger partial charge >= 0.3 is 0 Å². The molecule has 6 heteroatoms. The van der Waals surface area contributed by atoms with Crippen LogP contribution in [-0.4, -0.2) is 37.2 Å². The number of halogens is 1. The van der Waals surface area contributed by atoms with Crippen LogP contribution in [0.2, 0.25) is 0 Å². The fourth-order valence-electron chi connectivity index (χ4n) is 1.94. The van der Waals surface area contributed by atoms with Gasteiger partial charge in [-0.1, -0.05) is 12.8 Å². The second kappa shape index (κ2) is 5.21. The van der Waals surface area contributed by atoms with E-state index in [1.807, 2.05) is 13.8 Å². The molecule has 1 N–H and O–H groups in total. The second-order valence-electron chi connectivity index (χ2n) is 4.84. The van der Waals surface area contributed by atoms with Crippen molar-refractivity contribution in [1.29, 1.82) is 0 Å². The highest BCUT2D eigenvalue weighted by atomic mass is 35.5. The first kappa shape index (κ1) is 14.2. The predicted octanol–water partition coefficient (Wildman–Crippen LogP) is 1.71. The molecule has 0 amide bonds. The molecule has 0 spiro atoms. The molecule has 1 saturated carbocycles. The molecule has 0 heterocycles. The van der Waals surface area contributed by atoms with E-state index in [9.17, 15) is 8.42 Å². The molecule has 0 unspecified atom stereocenters. The van der Waals surface area contributed by atoms with Gasteiger partial charge in [0.05, 0.1) is 0 Å². The van der Waals surface area contributed by atoms with Crippen LogP contribution in [0.3, 0.4) is 0 Å². The number of rotatable bonds is 5. The summed E-state index contributed by atoms with van der Waals surface area (Å²) in [5, 5.41) is 0. The van der Waals surface area contributed by atoms with Gasteiger partial charge in [0.1, 0.15) is 0 Å². The summed E-state index contributed by atoms with van der Waals surface area (Å²) in [4.78, 5) is 0. The Balaban J connectivity index is 2.78. The van der Waals surface area contributed by atoms with Gasteiger partial charge in [-0.2, -0.15) is 17.4 Å². The molecule has 0 saturated heterocycles. The van der Waals surface area contributed by atoms with Crippen molar-refractivity contribution in [2.45, 2.75) is 51.1 Å². The molecule has 0 atom stereocenters. The second-order valence-corrected chi connectivity index (χ2v) is 6.84. The summed E-state index contributed by atoms with van der Waals surface area (Å²) in [5.74, 6) is 0.345. The summed E-state index contributed by atoms with van der Waals surface area (Å²) >= 11 is 5.91. The SMILES string of the molecule is CC(C)N(C)S(=O)(=O)NC1(CCl)CCCC1. The van der Waals surface area contributed by atoms with Crippen LogP contribution in [-0.2, 0) is 10.2 Å². The third-order valence-corrected chi connectivity index (χ3v) is 5.65. The van der Waals surface area contributed by atoms with Crippen LogP contribution in [0.5, 0.6) is 0 Å². The molecule has 16 heavy (non-hydrogen) atoms. The fraction of sp³-hybridized carbons (Fsp3) is 1.00. The molecule has 0 radical (unpaired) electrons. The monoisotopic (exact) mass is 268 g/mol. The summed E-state index contributed by atoms with van der Waals surface area (Å²) in [6, 6.07) is -0.0497. The molecule has 0 aromatic carbocycles. The van der Waals surface area contributed by atoms with Crippen LogP contribution in [0.15, 0.2) is 0 Å². The van der Waals surface area contributed by atoms with E-state index >= 15 is 0 Å². The maximum absolute atomic E-state index is 12.0. The maximum atomic E-state index is 12.0. The molecular weight excluding hydrogens is 248 g/mol. The third kappa shape index (κ3) is 3.09. The summed E-state index contributed by atoms with van der Waals surface area (Å²) in [5.41, 5.74) is -0.427. The molecule has 0 aliphatic heterocycles. The van der Waals surface area contributed by atoms with Gasteiger partial charge in [0.2, 0.25) is 0 Å². The van der Waals surface area contributed by atoms with E-state index in [1.165, 1.54) is 4.31 Å². The van der Waals surface area contributed by atoms with Gasteiger partial charge in [-0.15, -0.1) is 11.6 Å². The van der Waals surface area contributed by atoms with Crippen LogP contribution in [0.4, 0.5) is 0 Å².